The van der Waals surface area contributed by atoms with Crippen LogP contribution in [0.5, 0.6) is 0 Å². The number of hydrogen-bond acceptors (Lipinski definition) is 2. The topological polar surface area (TPSA) is 51.9 Å². The molecule has 0 bridgehead atoms. The number of rotatable bonds is 4. The van der Waals surface area contributed by atoms with Gasteiger partial charge >= 0.3 is 0 Å². The summed E-state index contributed by atoms with van der Waals surface area (Å²) in [5.74, 6) is 0. The smallest absolute Gasteiger partial charge is 0.264 e. The molecule has 0 saturated carbocycles. The van der Waals surface area contributed by atoms with Gasteiger partial charge in [0.1, 0.15) is 0 Å². The number of halogens is 2. The van der Waals surface area contributed by atoms with Gasteiger partial charge in [0.05, 0.1) is 0 Å². The molecule has 0 atom stereocenters. The second kappa shape index (κ2) is 5.50. The molecule has 1 aromatic carbocycles. The quantitative estimate of drug-likeness (QED) is 0.908. The number of H-pyrrole nitrogens is 2. The zero-order valence-electron chi connectivity index (χ0n) is 9.84. The van der Waals surface area contributed by atoms with Gasteiger partial charge in [0.25, 0.3) is 5.56 Å². The van der Waals surface area contributed by atoms with Crippen molar-refractivity contribution in [2.75, 3.05) is 18.5 Å². The van der Waals surface area contributed by atoms with Crippen molar-refractivity contribution in [1.29, 1.82) is 0 Å². The predicted molar refractivity (Wildman–Crippen MR) is 74.8 cm³/mol. The molecule has 18 heavy (non-hydrogen) atoms. The fraction of sp³-hybridized carbons (Fsp3) is 0.250. The third kappa shape index (κ3) is 3.31. The molecule has 0 aliphatic heterocycles. The van der Waals surface area contributed by atoms with Crippen LogP contribution in [0.25, 0.3) is 0 Å². The second-order valence-electron chi connectivity index (χ2n) is 4.08. The Labute approximate surface area is 115 Å². The standard InChI is InChI=1S/C12H13Cl2N3O/c1-17(3-2-10-7-12(18)16-15-10)11-5-8(13)4-9(14)6-11/h4-7H,2-3H2,1H3,(H2,15,16,18). The summed E-state index contributed by atoms with van der Waals surface area (Å²) in [4.78, 5) is 13.0. The maximum atomic E-state index is 11.0. The Morgan fingerprint density at radius 3 is 2.33 bits per heavy atom. The highest BCUT2D eigenvalue weighted by molar-refractivity contribution is 6.35. The molecule has 0 amide bonds. The average Bonchev–Trinajstić information content (AvgIpc) is 2.70. The molecule has 0 unspecified atom stereocenters. The van der Waals surface area contributed by atoms with Crippen LogP contribution in [0, 0.1) is 0 Å². The Balaban J connectivity index is 2.03. The summed E-state index contributed by atoms with van der Waals surface area (Å²) in [5.41, 5.74) is 1.71. The lowest BCUT2D eigenvalue weighted by molar-refractivity contribution is 0.842. The maximum Gasteiger partial charge on any atom is 0.264 e. The Bertz CT molecular complexity index is 571. The first-order valence-electron chi connectivity index (χ1n) is 5.48. The van der Waals surface area contributed by atoms with E-state index in [2.05, 4.69) is 10.2 Å². The molecule has 2 N–H and O–H groups in total. The van der Waals surface area contributed by atoms with Crippen molar-refractivity contribution in [2.45, 2.75) is 6.42 Å². The third-order valence-electron chi connectivity index (χ3n) is 2.66. The molecule has 0 saturated heterocycles. The van der Waals surface area contributed by atoms with Crippen LogP contribution in [0.15, 0.2) is 29.1 Å². The highest BCUT2D eigenvalue weighted by atomic mass is 35.5. The van der Waals surface area contributed by atoms with Crippen LogP contribution in [0.2, 0.25) is 10.0 Å². The Morgan fingerprint density at radius 1 is 1.11 bits per heavy atom. The summed E-state index contributed by atoms with van der Waals surface area (Å²) in [6, 6.07) is 6.96. The van der Waals surface area contributed by atoms with Crippen molar-refractivity contribution in [3.05, 3.63) is 50.4 Å². The van der Waals surface area contributed by atoms with E-state index in [0.717, 1.165) is 24.3 Å². The minimum absolute atomic E-state index is 0.113. The molecule has 96 valence electrons. The van der Waals surface area contributed by atoms with Crippen LogP contribution in [0.3, 0.4) is 0 Å². The van der Waals surface area contributed by atoms with E-state index in [4.69, 9.17) is 23.2 Å². The number of hydrogen-bond donors (Lipinski definition) is 2. The van der Waals surface area contributed by atoms with E-state index in [1.165, 1.54) is 0 Å². The van der Waals surface area contributed by atoms with E-state index in [1.54, 1.807) is 12.1 Å². The monoisotopic (exact) mass is 285 g/mol. The summed E-state index contributed by atoms with van der Waals surface area (Å²) >= 11 is 11.9. The maximum absolute atomic E-state index is 11.0. The zero-order chi connectivity index (χ0) is 13.1. The van der Waals surface area contributed by atoms with Gasteiger partial charge in [-0.1, -0.05) is 23.2 Å². The number of aromatic amines is 2. The highest BCUT2D eigenvalue weighted by Crippen LogP contribution is 2.24. The lowest BCUT2D eigenvalue weighted by Gasteiger charge is -2.19. The molecular weight excluding hydrogens is 273 g/mol. The number of anilines is 1. The van der Waals surface area contributed by atoms with Gasteiger partial charge in [-0.05, 0) is 18.2 Å². The van der Waals surface area contributed by atoms with Crippen molar-refractivity contribution in [3.63, 3.8) is 0 Å². The van der Waals surface area contributed by atoms with Crippen molar-refractivity contribution in [2.24, 2.45) is 0 Å². The van der Waals surface area contributed by atoms with Crippen LogP contribution < -0.4 is 10.5 Å². The number of aromatic nitrogens is 2. The first-order chi connectivity index (χ1) is 8.54. The normalized spacial score (nSPS) is 10.6. The molecule has 2 aromatic rings. The summed E-state index contributed by atoms with van der Waals surface area (Å²) in [6.45, 7) is 0.754. The molecule has 0 fully saturated rings. The summed E-state index contributed by atoms with van der Waals surface area (Å²) in [7, 11) is 1.95. The van der Waals surface area contributed by atoms with Crippen LogP contribution in [0.1, 0.15) is 5.69 Å². The predicted octanol–water partition coefficient (Wildman–Crippen LogP) is 2.69. The molecule has 0 aliphatic carbocycles. The number of nitrogens with zero attached hydrogens (tertiary/aromatic N) is 1. The average molecular weight is 286 g/mol. The van der Waals surface area contributed by atoms with Crippen LogP contribution in [-0.4, -0.2) is 23.8 Å². The van der Waals surface area contributed by atoms with Crippen molar-refractivity contribution in [1.82, 2.24) is 10.2 Å². The Morgan fingerprint density at radius 2 is 1.78 bits per heavy atom. The second-order valence-corrected chi connectivity index (χ2v) is 4.96. The molecule has 1 aromatic heterocycles. The van der Waals surface area contributed by atoms with E-state index >= 15 is 0 Å². The van der Waals surface area contributed by atoms with E-state index in [9.17, 15) is 4.79 Å². The summed E-state index contributed by atoms with van der Waals surface area (Å²) < 4.78 is 0. The van der Waals surface area contributed by atoms with Gasteiger partial charge in [-0.25, -0.2) is 0 Å². The minimum atomic E-state index is -0.113. The minimum Gasteiger partial charge on any atom is -0.374 e. The van der Waals surface area contributed by atoms with Crippen molar-refractivity contribution < 1.29 is 0 Å². The van der Waals surface area contributed by atoms with Gasteiger partial charge in [-0.15, -0.1) is 0 Å². The first kappa shape index (κ1) is 13.1. The molecular formula is C12H13Cl2N3O. The number of likely N-dealkylation sites (N-methyl/N-ethyl adjacent to an activating group) is 1. The summed E-state index contributed by atoms with van der Waals surface area (Å²) in [5, 5.41) is 6.55. The molecule has 1 heterocycles. The van der Waals surface area contributed by atoms with Gasteiger partial charge in [0.2, 0.25) is 0 Å². The summed E-state index contributed by atoms with van der Waals surface area (Å²) in [6.07, 6.45) is 0.735. The molecule has 2 rings (SSSR count). The number of benzene rings is 1. The largest absolute Gasteiger partial charge is 0.374 e. The molecule has 0 radical (unpaired) electrons. The fourth-order valence-electron chi connectivity index (χ4n) is 1.68. The molecule has 0 spiro atoms. The van der Waals surface area contributed by atoms with E-state index < -0.39 is 0 Å². The van der Waals surface area contributed by atoms with Crippen LogP contribution in [-0.2, 0) is 6.42 Å². The van der Waals surface area contributed by atoms with Crippen LogP contribution >= 0.6 is 23.2 Å². The van der Waals surface area contributed by atoms with Gasteiger partial charge in [0, 0.05) is 47.5 Å². The highest BCUT2D eigenvalue weighted by Gasteiger charge is 2.05. The fourth-order valence-corrected chi connectivity index (χ4v) is 2.20. The van der Waals surface area contributed by atoms with E-state index in [-0.39, 0.29) is 5.56 Å². The zero-order valence-corrected chi connectivity index (χ0v) is 11.3. The molecule has 6 heteroatoms. The third-order valence-corrected chi connectivity index (χ3v) is 3.09. The van der Waals surface area contributed by atoms with Gasteiger partial charge in [0.15, 0.2) is 0 Å². The number of nitrogens with one attached hydrogen (secondary N) is 2. The lowest BCUT2D eigenvalue weighted by atomic mass is 10.2. The molecule has 4 nitrogen and oxygen atoms in total. The SMILES string of the molecule is CN(CCc1cc(=O)[nH][nH]1)c1cc(Cl)cc(Cl)c1. The first-order valence-corrected chi connectivity index (χ1v) is 6.24. The Kier molecular flexibility index (Phi) is 3.99. The van der Waals surface area contributed by atoms with Gasteiger partial charge < -0.3 is 10.00 Å². The van der Waals surface area contributed by atoms with Crippen LogP contribution in [0.4, 0.5) is 5.69 Å². The lowest BCUT2D eigenvalue weighted by Crippen LogP contribution is -2.20. The van der Waals surface area contributed by atoms with Crippen molar-refractivity contribution in [3.8, 4) is 0 Å². The van der Waals surface area contributed by atoms with Gasteiger partial charge in [-0.3, -0.25) is 9.89 Å². The Hall–Kier alpha value is -1.39. The molecule has 0 aliphatic rings. The van der Waals surface area contributed by atoms with E-state index in [0.29, 0.717) is 10.0 Å². The van der Waals surface area contributed by atoms with E-state index in [1.807, 2.05) is 24.1 Å². The van der Waals surface area contributed by atoms with Gasteiger partial charge in [-0.2, -0.15) is 0 Å². The van der Waals surface area contributed by atoms with Crippen molar-refractivity contribution >= 4 is 28.9 Å².